The Labute approximate surface area is 122 Å². The molecule has 2 aromatic heterocycles. The minimum absolute atomic E-state index is 0.170. The molecule has 0 unspecified atom stereocenters. The third kappa shape index (κ3) is 4.20. The van der Waals surface area contributed by atoms with Gasteiger partial charge in [-0.1, -0.05) is 0 Å². The number of H-pyrrole nitrogens is 1. The van der Waals surface area contributed by atoms with Crippen LogP contribution in [-0.4, -0.2) is 27.1 Å². The van der Waals surface area contributed by atoms with Crippen LogP contribution in [0.25, 0.3) is 0 Å². The first-order valence-electron chi connectivity index (χ1n) is 6.77. The zero-order valence-corrected chi connectivity index (χ0v) is 12.1. The predicted octanol–water partition coefficient (Wildman–Crippen LogP) is 1.40. The highest BCUT2D eigenvalue weighted by molar-refractivity contribution is 5.90. The molecule has 0 saturated heterocycles. The minimum atomic E-state index is -0.279. The zero-order valence-electron chi connectivity index (χ0n) is 12.1. The van der Waals surface area contributed by atoms with Crippen molar-refractivity contribution in [2.75, 3.05) is 11.9 Å². The molecule has 2 amide bonds. The molecule has 0 aliphatic heterocycles. The Morgan fingerprint density at radius 3 is 2.90 bits per heavy atom. The van der Waals surface area contributed by atoms with E-state index >= 15 is 0 Å². The Morgan fingerprint density at radius 1 is 1.43 bits per heavy atom. The van der Waals surface area contributed by atoms with Gasteiger partial charge in [-0.15, -0.1) is 0 Å². The second-order valence-electron chi connectivity index (χ2n) is 4.85. The van der Waals surface area contributed by atoms with Crippen molar-refractivity contribution in [3.05, 3.63) is 46.4 Å². The van der Waals surface area contributed by atoms with Gasteiger partial charge in [0, 0.05) is 37.2 Å². The summed E-state index contributed by atoms with van der Waals surface area (Å²) in [6, 6.07) is 1.18. The highest BCUT2D eigenvalue weighted by atomic mass is 16.2. The molecule has 7 nitrogen and oxygen atoms in total. The number of imidazole rings is 1. The lowest BCUT2D eigenvalue weighted by atomic mass is 10.2. The molecule has 21 heavy (non-hydrogen) atoms. The van der Waals surface area contributed by atoms with Crippen molar-refractivity contribution in [2.45, 2.75) is 26.8 Å². The number of hydrogen-bond donors (Lipinski definition) is 3. The summed E-state index contributed by atoms with van der Waals surface area (Å²) in [4.78, 5) is 29.7. The van der Waals surface area contributed by atoms with E-state index in [4.69, 9.17) is 0 Å². The number of aromatic nitrogens is 3. The van der Waals surface area contributed by atoms with Gasteiger partial charge in [0.25, 0.3) is 0 Å². The first-order valence-corrected chi connectivity index (χ1v) is 6.77. The van der Waals surface area contributed by atoms with Gasteiger partial charge in [-0.3, -0.25) is 4.79 Å². The van der Waals surface area contributed by atoms with Crippen LogP contribution in [0.15, 0.2) is 29.6 Å². The molecular formula is C14H19N5O2. The smallest absolute Gasteiger partial charge is 0.319 e. The van der Waals surface area contributed by atoms with E-state index in [-0.39, 0.29) is 11.6 Å². The normalized spacial score (nSPS) is 10.4. The van der Waals surface area contributed by atoms with E-state index in [1.54, 1.807) is 26.4 Å². The lowest BCUT2D eigenvalue weighted by Crippen LogP contribution is -2.31. The zero-order chi connectivity index (χ0) is 15.2. The highest BCUT2D eigenvalue weighted by Gasteiger charge is 2.08. The van der Waals surface area contributed by atoms with Crippen LogP contribution in [-0.2, 0) is 6.54 Å². The third-order valence-electron chi connectivity index (χ3n) is 3.10. The number of carbonyl (C=O) groups excluding carboxylic acids is 1. The quantitative estimate of drug-likeness (QED) is 0.726. The van der Waals surface area contributed by atoms with E-state index in [2.05, 4.69) is 20.6 Å². The van der Waals surface area contributed by atoms with Crippen molar-refractivity contribution in [3.8, 4) is 0 Å². The molecule has 0 aromatic carbocycles. The second kappa shape index (κ2) is 6.74. The van der Waals surface area contributed by atoms with Gasteiger partial charge in [-0.2, -0.15) is 0 Å². The van der Waals surface area contributed by atoms with E-state index < -0.39 is 0 Å². The van der Waals surface area contributed by atoms with E-state index in [0.29, 0.717) is 17.9 Å². The molecule has 0 radical (unpaired) electrons. The number of nitrogens with zero attached hydrogens (tertiary/aromatic N) is 2. The van der Waals surface area contributed by atoms with Gasteiger partial charge in [0.2, 0.25) is 5.56 Å². The molecule has 0 bridgehead atoms. The molecule has 0 aliphatic carbocycles. The Hall–Kier alpha value is -2.57. The molecule has 0 atom stereocenters. The fourth-order valence-electron chi connectivity index (χ4n) is 2.08. The largest absolute Gasteiger partial charge is 0.338 e. The third-order valence-corrected chi connectivity index (χ3v) is 3.10. The van der Waals surface area contributed by atoms with Crippen molar-refractivity contribution in [1.29, 1.82) is 0 Å². The van der Waals surface area contributed by atoms with Crippen molar-refractivity contribution >= 4 is 11.7 Å². The Morgan fingerprint density at radius 2 is 2.24 bits per heavy atom. The standard InChI is InChI=1S/C14H19N5O2/c1-10-8-12(20)17-11(2)13(10)18-14(21)16-4-3-6-19-7-5-15-9-19/h5,7-9H,3-4,6H2,1-2H3,(H,17,20)(H2,16,18,21). The number of urea groups is 1. The first-order chi connectivity index (χ1) is 10.1. The summed E-state index contributed by atoms with van der Waals surface area (Å²) in [5, 5.41) is 5.55. The average molecular weight is 289 g/mol. The van der Waals surface area contributed by atoms with Crippen LogP contribution in [0.5, 0.6) is 0 Å². The van der Waals surface area contributed by atoms with Gasteiger partial charge in [0.15, 0.2) is 0 Å². The maximum atomic E-state index is 11.8. The molecule has 0 fully saturated rings. The van der Waals surface area contributed by atoms with Gasteiger partial charge in [-0.25, -0.2) is 9.78 Å². The van der Waals surface area contributed by atoms with Crippen LogP contribution >= 0.6 is 0 Å². The van der Waals surface area contributed by atoms with Crippen LogP contribution in [0.2, 0.25) is 0 Å². The van der Waals surface area contributed by atoms with Gasteiger partial charge in [0.05, 0.1) is 12.0 Å². The molecule has 112 valence electrons. The number of anilines is 1. The summed E-state index contributed by atoms with van der Waals surface area (Å²) in [6.07, 6.45) is 6.16. The highest BCUT2D eigenvalue weighted by Crippen LogP contribution is 2.14. The van der Waals surface area contributed by atoms with Crippen molar-refractivity contribution in [3.63, 3.8) is 0 Å². The monoisotopic (exact) mass is 289 g/mol. The summed E-state index contributed by atoms with van der Waals surface area (Å²) in [6.45, 7) is 4.91. The molecule has 0 saturated carbocycles. The minimum Gasteiger partial charge on any atom is -0.338 e. The molecule has 7 heteroatoms. The molecule has 2 aromatic rings. The Kier molecular flexibility index (Phi) is 4.76. The average Bonchev–Trinajstić information content (AvgIpc) is 2.92. The molecule has 2 heterocycles. The predicted molar refractivity (Wildman–Crippen MR) is 80.4 cm³/mol. The van der Waals surface area contributed by atoms with Gasteiger partial charge in [0.1, 0.15) is 0 Å². The number of nitrogens with one attached hydrogen (secondary N) is 3. The number of pyridine rings is 1. The van der Waals surface area contributed by atoms with Crippen molar-refractivity contribution < 1.29 is 4.79 Å². The summed E-state index contributed by atoms with van der Waals surface area (Å²) >= 11 is 0. The van der Waals surface area contributed by atoms with Gasteiger partial charge in [-0.05, 0) is 25.8 Å². The number of amides is 2. The summed E-state index contributed by atoms with van der Waals surface area (Å²) in [7, 11) is 0. The fourth-order valence-corrected chi connectivity index (χ4v) is 2.08. The number of carbonyl (C=O) groups is 1. The topological polar surface area (TPSA) is 91.8 Å². The van der Waals surface area contributed by atoms with E-state index in [1.165, 1.54) is 6.07 Å². The van der Waals surface area contributed by atoms with Crippen LogP contribution in [0.1, 0.15) is 17.7 Å². The molecular weight excluding hydrogens is 270 g/mol. The number of aryl methyl sites for hydroxylation is 3. The number of rotatable bonds is 5. The Bertz CT molecular complexity index is 634. The maximum Gasteiger partial charge on any atom is 0.319 e. The number of aromatic amines is 1. The van der Waals surface area contributed by atoms with Crippen LogP contribution in [0.4, 0.5) is 10.5 Å². The molecule has 2 rings (SSSR count). The van der Waals surface area contributed by atoms with E-state index in [1.807, 2.05) is 10.8 Å². The summed E-state index contributed by atoms with van der Waals surface area (Å²) in [5.74, 6) is 0. The second-order valence-corrected chi connectivity index (χ2v) is 4.85. The SMILES string of the molecule is Cc1cc(=O)[nH]c(C)c1NC(=O)NCCCn1ccnc1. The van der Waals surface area contributed by atoms with Crippen LogP contribution in [0, 0.1) is 13.8 Å². The lowest BCUT2D eigenvalue weighted by molar-refractivity contribution is 0.251. The Balaban J connectivity index is 1.81. The van der Waals surface area contributed by atoms with Gasteiger partial charge >= 0.3 is 6.03 Å². The maximum absolute atomic E-state index is 11.8. The fraction of sp³-hybridized carbons (Fsp3) is 0.357. The lowest BCUT2D eigenvalue weighted by Gasteiger charge is -2.12. The van der Waals surface area contributed by atoms with E-state index in [9.17, 15) is 9.59 Å². The van der Waals surface area contributed by atoms with Crippen molar-refractivity contribution in [2.24, 2.45) is 0 Å². The van der Waals surface area contributed by atoms with E-state index in [0.717, 1.165) is 18.5 Å². The summed E-state index contributed by atoms with van der Waals surface area (Å²) in [5.41, 5.74) is 1.86. The molecule has 3 N–H and O–H groups in total. The van der Waals surface area contributed by atoms with Crippen LogP contribution in [0.3, 0.4) is 0 Å². The molecule has 0 aliphatic rings. The first kappa shape index (κ1) is 14.8. The summed E-state index contributed by atoms with van der Waals surface area (Å²) < 4.78 is 1.95. The van der Waals surface area contributed by atoms with Gasteiger partial charge < -0.3 is 20.2 Å². The van der Waals surface area contributed by atoms with Crippen molar-refractivity contribution in [1.82, 2.24) is 19.9 Å². The van der Waals surface area contributed by atoms with Crippen LogP contribution < -0.4 is 16.2 Å². The number of hydrogen-bond acceptors (Lipinski definition) is 3. The molecule has 0 spiro atoms.